The van der Waals surface area contributed by atoms with Crippen LogP contribution in [0.5, 0.6) is 0 Å². The molecule has 0 fully saturated rings. The number of ether oxygens (including phenoxy) is 3. The Morgan fingerprint density at radius 3 is 2.05 bits per heavy atom. The van der Waals surface area contributed by atoms with E-state index in [0.29, 0.717) is 5.56 Å². The molecule has 6 nitrogen and oxygen atoms in total. The number of carbonyl (C=O) groups is 3. The summed E-state index contributed by atoms with van der Waals surface area (Å²) in [4.78, 5) is 34.5. The SMILES string of the molecule is CCOC(=O)[C@@H](OC(C)=O)[C@H](OC(C)=O)c1ccccc1. The highest BCUT2D eigenvalue weighted by Crippen LogP contribution is 2.25. The lowest BCUT2D eigenvalue weighted by molar-refractivity contribution is -0.181. The zero-order chi connectivity index (χ0) is 15.8. The molecule has 0 aliphatic heterocycles. The number of benzene rings is 1. The van der Waals surface area contributed by atoms with Crippen molar-refractivity contribution in [1.29, 1.82) is 0 Å². The Morgan fingerprint density at radius 1 is 1.00 bits per heavy atom. The Bertz CT molecular complexity index is 496. The second-order valence-electron chi connectivity index (χ2n) is 4.22. The van der Waals surface area contributed by atoms with Gasteiger partial charge in [0.1, 0.15) is 0 Å². The number of hydrogen-bond donors (Lipinski definition) is 0. The number of esters is 3. The third-order valence-electron chi connectivity index (χ3n) is 2.51. The maximum absolute atomic E-state index is 12.0. The summed E-state index contributed by atoms with van der Waals surface area (Å²) in [5, 5.41) is 0. The third kappa shape index (κ3) is 5.25. The van der Waals surface area contributed by atoms with Gasteiger partial charge in [-0.05, 0) is 12.5 Å². The molecule has 114 valence electrons. The van der Waals surface area contributed by atoms with Crippen LogP contribution in [0.1, 0.15) is 32.4 Å². The summed E-state index contributed by atoms with van der Waals surface area (Å²) >= 11 is 0. The van der Waals surface area contributed by atoms with Gasteiger partial charge in [0.05, 0.1) is 6.61 Å². The molecule has 0 heterocycles. The molecule has 6 heteroatoms. The topological polar surface area (TPSA) is 78.9 Å². The summed E-state index contributed by atoms with van der Waals surface area (Å²) in [6.07, 6.45) is -2.39. The van der Waals surface area contributed by atoms with Crippen molar-refractivity contribution in [3.8, 4) is 0 Å². The van der Waals surface area contributed by atoms with Gasteiger partial charge >= 0.3 is 17.9 Å². The second-order valence-corrected chi connectivity index (χ2v) is 4.22. The van der Waals surface area contributed by atoms with Crippen LogP contribution < -0.4 is 0 Å². The van der Waals surface area contributed by atoms with Gasteiger partial charge in [-0.15, -0.1) is 0 Å². The molecule has 0 spiro atoms. The van der Waals surface area contributed by atoms with E-state index >= 15 is 0 Å². The van der Waals surface area contributed by atoms with E-state index in [2.05, 4.69) is 0 Å². The Labute approximate surface area is 123 Å². The van der Waals surface area contributed by atoms with Crippen LogP contribution >= 0.6 is 0 Å². The Kier molecular flexibility index (Phi) is 6.39. The van der Waals surface area contributed by atoms with Crippen molar-refractivity contribution >= 4 is 17.9 Å². The average molecular weight is 294 g/mol. The average Bonchev–Trinajstić information content (AvgIpc) is 2.43. The Hall–Kier alpha value is -2.37. The molecule has 0 amide bonds. The summed E-state index contributed by atoms with van der Waals surface area (Å²) in [7, 11) is 0. The normalized spacial score (nSPS) is 12.9. The zero-order valence-corrected chi connectivity index (χ0v) is 12.2. The molecule has 1 rings (SSSR count). The van der Waals surface area contributed by atoms with Gasteiger partial charge in [0.15, 0.2) is 6.10 Å². The quantitative estimate of drug-likeness (QED) is 0.588. The highest BCUT2D eigenvalue weighted by atomic mass is 16.6. The van der Waals surface area contributed by atoms with Gasteiger partial charge in [0.25, 0.3) is 0 Å². The molecule has 0 radical (unpaired) electrons. The van der Waals surface area contributed by atoms with Crippen molar-refractivity contribution in [2.75, 3.05) is 6.61 Å². The van der Waals surface area contributed by atoms with Crippen LogP contribution in [0.2, 0.25) is 0 Å². The molecule has 0 aliphatic rings. The lowest BCUT2D eigenvalue weighted by atomic mass is 10.0. The predicted molar refractivity (Wildman–Crippen MR) is 73.1 cm³/mol. The molecular weight excluding hydrogens is 276 g/mol. The Morgan fingerprint density at radius 2 is 1.57 bits per heavy atom. The van der Waals surface area contributed by atoms with Crippen molar-refractivity contribution < 1.29 is 28.6 Å². The standard InChI is InChI=1S/C15H18O6/c1-4-19-15(18)14(21-11(3)17)13(20-10(2)16)12-8-6-5-7-9-12/h5-9,13-14H,4H2,1-3H3/t13-,14+/m1/s1. The van der Waals surface area contributed by atoms with Crippen molar-refractivity contribution in [3.63, 3.8) is 0 Å². The summed E-state index contributed by atoms with van der Waals surface area (Å²) < 4.78 is 15.0. The molecule has 1 aromatic rings. The first-order chi connectivity index (χ1) is 9.95. The molecule has 0 aromatic heterocycles. The molecule has 0 saturated carbocycles. The maximum atomic E-state index is 12.0. The minimum atomic E-state index is -1.34. The summed E-state index contributed by atoms with van der Waals surface area (Å²) in [6, 6.07) is 8.57. The van der Waals surface area contributed by atoms with E-state index in [9.17, 15) is 14.4 Å². The van der Waals surface area contributed by atoms with Gasteiger partial charge < -0.3 is 14.2 Å². The zero-order valence-electron chi connectivity index (χ0n) is 12.2. The summed E-state index contributed by atoms with van der Waals surface area (Å²) in [6.45, 7) is 4.14. The van der Waals surface area contributed by atoms with Gasteiger partial charge in [0.2, 0.25) is 6.10 Å². The highest BCUT2D eigenvalue weighted by molar-refractivity contribution is 5.80. The van der Waals surface area contributed by atoms with E-state index in [-0.39, 0.29) is 6.61 Å². The van der Waals surface area contributed by atoms with E-state index in [0.717, 1.165) is 0 Å². The monoisotopic (exact) mass is 294 g/mol. The fourth-order valence-electron chi connectivity index (χ4n) is 1.76. The van der Waals surface area contributed by atoms with E-state index in [4.69, 9.17) is 14.2 Å². The lowest BCUT2D eigenvalue weighted by Crippen LogP contribution is -2.36. The van der Waals surface area contributed by atoms with Crippen LogP contribution in [-0.2, 0) is 28.6 Å². The molecule has 0 aliphatic carbocycles. The third-order valence-corrected chi connectivity index (χ3v) is 2.51. The van der Waals surface area contributed by atoms with Crippen molar-refractivity contribution in [2.24, 2.45) is 0 Å². The second kappa shape index (κ2) is 8.04. The van der Waals surface area contributed by atoms with Crippen LogP contribution in [0.15, 0.2) is 30.3 Å². The van der Waals surface area contributed by atoms with Gasteiger partial charge in [-0.2, -0.15) is 0 Å². The lowest BCUT2D eigenvalue weighted by Gasteiger charge is -2.25. The van der Waals surface area contributed by atoms with E-state index < -0.39 is 30.1 Å². The van der Waals surface area contributed by atoms with E-state index in [1.54, 1.807) is 37.3 Å². The van der Waals surface area contributed by atoms with Gasteiger partial charge in [0, 0.05) is 13.8 Å². The number of rotatable bonds is 6. The molecule has 21 heavy (non-hydrogen) atoms. The molecular formula is C15H18O6. The minimum Gasteiger partial charge on any atom is -0.463 e. The molecule has 2 atom stereocenters. The number of hydrogen-bond acceptors (Lipinski definition) is 6. The fraction of sp³-hybridized carbons (Fsp3) is 0.400. The fourth-order valence-corrected chi connectivity index (χ4v) is 1.76. The van der Waals surface area contributed by atoms with Crippen molar-refractivity contribution in [2.45, 2.75) is 33.0 Å². The number of carbonyl (C=O) groups excluding carboxylic acids is 3. The first-order valence-electron chi connectivity index (χ1n) is 6.51. The predicted octanol–water partition coefficient (Wildman–Crippen LogP) is 1.79. The van der Waals surface area contributed by atoms with Crippen molar-refractivity contribution in [3.05, 3.63) is 35.9 Å². The van der Waals surface area contributed by atoms with Crippen LogP contribution in [0.4, 0.5) is 0 Å². The molecule has 1 aromatic carbocycles. The first kappa shape index (κ1) is 16.7. The Balaban J connectivity index is 3.12. The minimum absolute atomic E-state index is 0.123. The van der Waals surface area contributed by atoms with Crippen LogP contribution in [0, 0.1) is 0 Å². The van der Waals surface area contributed by atoms with Crippen LogP contribution in [0.25, 0.3) is 0 Å². The van der Waals surface area contributed by atoms with Crippen molar-refractivity contribution in [1.82, 2.24) is 0 Å². The molecule has 0 N–H and O–H groups in total. The van der Waals surface area contributed by atoms with E-state index in [1.807, 2.05) is 0 Å². The molecule has 0 saturated heterocycles. The van der Waals surface area contributed by atoms with Gasteiger partial charge in [-0.25, -0.2) is 4.79 Å². The largest absolute Gasteiger partial charge is 0.463 e. The van der Waals surface area contributed by atoms with Gasteiger partial charge in [-0.1, -0.05) is 30.3 Å². The molecule has 0 unspecified atom stereocenters. The molecule has 0 bridgehead atoms. The van der Waals surface area contributed by atoms with Crippen LogP contribution in [-0.4, -0.2) is 30.6 Å². The summed E-state index contributed by atoms with van der Waals surface area (Å²) in [5.41, 5.74) is 0.534. The first-order valence-corrected chi connectivity index (χ1v) is 6.51. The van der Waals surface area contributed by atoms with Gasteiger partial charge in [-0.3, -0.25) is 9.59 Å². The summed E-state index contributed by atoms with van der Waals surface area (Å²) in [5.74, 6) is -2.02. The van der Waals surface area contributed by atoms with Crippen LogP contribution in [0.3, 0.4) is 0 Å². The smallest absolute Gasteiger partial charge is 0.351 e. The highest BCUT2D eigenvalue weighted by Gasteiger charge is 2.36. The maximum Gasteiger partial charge on any atom is 0.351 e. The van der Waals surface area contributed by atoms with E-state index in [1.165, 1.54) is 13.8 Å².